The molecule has 0 heterocycles. The topological polar surface area (TPSA) is 92.3 Å². The Morgan fingerprint density at radius 1 is 0.618 bits per heavy atom. The minimum absolute atomic E-state index is 0.441. The Balaban J connectivity index is 2.38. The van der Waals surface area contributed by atoms with Crippen molar-refractivity contribution >= 4 is 20.0 Å². The van der Waals surface area contributed by atoms with Crippen molar-refractivity contribution in [3.63, 3.8) is 0 Å². The van der Waals surface area contributed by atoms with Gasteiger partial charge >= 0.3 is 0 Å². The molecule has 0 radical (unpaired) electrons. The summed E-state index contributed by atoms with van der Waals surface area (Å²) in [5.41, 5.74) is 1.95. The summed E-state index contributed by atoms with van der Waals surface area (Å²) < 4.78 is 55.2. The average molecular weight is 507 g/mol. The Morgan fingerprint density at radius 2 is 0.912 bits per heavy atom. The Labute approximate surface area is 206 Å². The molecule has 0 fully saturated rings. The lowest BCUT2D eigenvalue weighted by atomic mass is 10.0. The summed E-state index contributed by atoms with van der Waals surface area (Å²) in [6.45, 7) is 9.88. The van der Waals surface area contributed by atoms with Crippen molar-refractivity contribution in [3.8, 4) is 0 Å². The van der Waals surface area contributed by atoms with Crippen LogP contribution in [0.15, 0.2) is 72.8 Å². The zero-order valence-corrected chi connectivity index (χ0v) is 22.6. The minimum Gasteiger partial charge on any atom is -0.212 e. The third-order valence-electron chi connectivity index (χ3n) is 5.40. The largest absolute Gasteiger partial charge is 0.217 e. The number of nitrogens with one attached hydrogen (secondary N) is 2. The molecule has 0 saturated carbocycles. The zero-order valence-electron chi connectivity index (χ0n) is 20.9. The summed E-state index contributed by atoms with van der Waals surface area (Å²) >= 11 is 0. The molecule has 0 aliphatic rings. The molecule has 2 aromatic carbocycles. The molecule has 2 atom stereocenters. The van der Waals surface area contributed by atoms with Gasteiger partial charge in [-0.05, 0) is 65.5 Å². The van der Waals surface area contributed by atoms with Crippen LogP contribution in [0.1, 0.15) is 52.7 Å². The predicted molar refractivity (Wildman–Crippen MR) is 141 cm³/mol. The quantitative estimate of drug-likeness (QED) is 0.473. The molecule has 0 bridgehead atoms. The highest BCUT2D eigenvalue weighted by Crippen LogP contribution is 2.18. The van der Waals surface area contributed by atoms with Crippen LogP contribution in [0.5, 0.6) is 0 Å². The molecule has 6 nitrogen and oxygen atoms in total. The Hall–Kier alpha value is -2.00. The SMILES string of the molecule is CC(C)(C)S(=O)(=O)N[C@@H](C=C[C@@H](Cc1ccccc1)NS(=O)(=O)C(C)(C)C)Cc1ccccc1. The van der Waals surface area contributed by atoms with E-state index in [1.54, 1.807) is 53.7 Å². The third kappa shape index (κ3) is 8.34. The third-order valence-corrected chi connectivity index (χ3v) is 9.85. The lowest BCUT2D eigenvalue weighted by Gasteiger charge is -2.26. The molecule has 188 valence electrons. The van der Waals surface area contributed by atoms with Crippen molar-refractivity contribution in [2.45, 2.75) is 76.0 Å². The number of hydrogen-bond acceptors (Lipinski definition) is 4. The maximum atomic E-state index is 12.9. The number of hydrogen-bond donors (Lipinski definition) is 2. The zero-order chi connectivity index (χ0) is 25.6. The van der Waals surface area contributed by atoms with E-state index < -0.39 is 41.6 Å². The Morgan fingerprint density at radius 3 is 1.18 bits per heavy atom. The highest BCUT2D eigenvalue weighted by atomic mass is 32.2. The second kappa shape index (κ2) is 11.2. The van der Waals surface area contributed by atoms with Gasteiger partial charge in [0.05, 0.1) is 9.49 Å². The van der Waals surface area contributed by atoms with Crippen LogP contribution in [0.4, 0.5) is 0 Å². The van der Waals surface area contributed by atoms with Crippen LogP contribution in [0.3, 0.4) is 0 Å². The lowest BCUT2D eigenvalue weighted by molar-refractivity contribution is 0.530. The highest BCUT2D eigenvalue weighted by molar-refractivity contribution is 7.91. The van der Waals surface area contributed by atoms with Crippen molar-refractivity contribution in [2.75, 3.05) is 0 Å². The van der Waals surface area contributed by atoms with E-state index >= 15 is 0 Å². The molecular formula is C26H38N2O4S2. The van der Waals surface area contributed by atoms with E-state index in [2.05, 4.69) is 9.44 Å². The molecule has 2 N–H and O–H groups in total. The van der Waals surface area contributed by atoms with Gasteiger partial charge in [-0.15, -0.1) is 0 Å². The molecule has 0 amide bonds. The van der Waals surface area contributed by atoms with Gasteiger partial charge in [0.2, 0.25) is 20.0 Å². The van der Waals surface area contributed by atoms with Crippen LogP contribution in [0.25, 0.3) is 0 Å². The van der Waals surface area contributed by atoms with E-state index in [-0.39, 0.29) is 0 Å². The molecule has 2 rings (SSSR count). The van der Waals surface area contributed by atoms with E-state index in [9.17, 15) is 16.8 Å². The van der Waals surface area contributed by atoms with Gasteiger partial charge in [-0.3, -0.25) is 0 Å². The monoisotopic (exact) mass is 506 g/mol. The van der Waals surface area contributed by atoms with Crippen molar-refractivity contribution in [2.24, 2.45) is 0 Å². The number of rotatable bonds is 10. The van der Waals surface area contributed by atoms with Gasteiger partial charge in [0.15, 0.2) is 0 Å². The Bertz CT molecular complexity index is 1050. The first kappa shape index (κ1) is 28.2. The van der Waals surface area contributed by atoms with Crippen molar-refractivity contribution in [1.29, 1.82) is 0 Å². The van der Waals surface area contributed by atoms with Crippen molar-refractivity contribution < 1.29 is 16.8 Å². The van der Waals surface area contributed by atoms with Crippen molar-refractivity contribution in [3.05, 3.63) is 83.9 Å². The van der Waals surface area contributed by atoms with E-state index in [0.717, 1.165) is 11.1 Å². The summed E-state index contributed by atoms with van der Waals surface area (Å²) in [6.07, 6.45) is 4.40. The Kier molecular flexibility index (Phi) is 9.27. The summed E-state index contributed by atoms with van der Waals surface area (Å²) in [4.78, 5) is 0. The number of benzene rings is 2. The molecule has 0 unspecified atom stereocenters. The van der Waals surface area contributed by atoms with Crippen LogP contribution in [-0.2, 0) is 32.9 Å². The van der Waals surface area contributed by atoms with Crippen LogP contribution in [-0.4, -0.2) is 38.4 Å². The molecule has 34 heavy (non-hydrogen) atoms. The smallest absolute Gasteiger partial charge is 0.212 e. The summed E-state index contributed by atoms with van der Waals surface area (Å²) in [7, 11) is -7.24. The molecule has 8 heteroatoms. The molecule has 2 aromatic rings. The molecule has 0 spiro atoms. The second-order valence-corrected chi connectivity index (χ2v) is 15.4. The summed E-state index contributed by atoms with van der Waals surface area (Å²) in [5, 5.41) is 0. The van der Waals surface area contributed by atoms with E-state index in [4.69, 9.17) is 0 Å². The normalized spacial score (nSPS) is 15.4. The second-order valence-electron chi connectivity index (χ2n) is 10.4. The van der Waals surface area contributed by atoms with Crippen LogP contribution < -0.4 is 9.44 Å². The summed E-state index contributed by atoms with van der Waals surface area (Å²) in [5.74, 6) is 0. The first-order chi connectivity index (χ1) is 15.6. The predicted octanol–water partition coefficient (Wildman–Crippen LogP) is 4.20. The fourth-order valence-corrected chi connectivity index (χ4v) is 4.88. The maximum absolute atomic E-state index is 12.9. The fraction of sp³-hybridized carbons (Fsp3) is 0.462. The standard InChI is InChI=1S/C26H38N2O4S2/c1-25(2,3)33(29,30)27-23(19-21-13-9-7-10-14-21)17-18-24(20-22-15-11-8-12-16-22)28-34(31,32)26(4,5)6/h7-18,23-24,27-28H,19-20H2,1-6H3/t23-,24-/m0/s1. The van der Waals surface area contributed by atoms with Crippen LogP contribution in [0, 0.1) is 0 Å². The van der Waals surface area contributed by atoms with E-state index in [1.807, 2.05) is 60.7 Å². The molecule has 0 aromatic heterocycles. The van der Waals surface area contributed by atoms with Gasteiger partial charge in [0.25, 0.3) is 0 Å². The van der Waals surface area contributed by atoms with Gasteiger partial charge < -0.3 is 0 Å². The molecular weight excluding hydrogens is 468 g/mol. The maximum Gasteiger partial charge on any atom is 0.217 e. The first-order valence-electron chi connectivity index (χ1n) is 11.4. The number of sulfonamides is 2. The summed E-state index contributed by atoms with van der Waals surface area (Å²) in [6, 6.07) is 18.1. The fourth-order valence-electron chi connectivity index (χ4n) is 3.05. The highest BCUT2D eigenvalue weighted by Gasteiger charge is 2.32. The van der Waals surface area contributed by atoms with Crippen LogP contribution >= 0.6 is 0 Å². The van der Waals surface area contributed by atoms with Gasteiger partial charge in [0.1, 0.15) is 0 Å². The molecule has 0 aliphatic heterocycles. The molecule has 0 aliphatic carbocycles. The van der Waals surface area contributed by atoms with Crippen LogP contribution in [0.2, 0.25) is 0 Å². The van der Waals surface area contributed by atoms with Gasteiger partial charge in [-0.25, -0.2) is 26.3 Å². The van der Waals surface area contributed by atoms with E-state index in [1.165, 1.54) is 0 Å². The van der Waals surface area contributed by atoms with Gasteiger partial charge in [-0.2, -0.15) is 0 Å². The van der Waals surface area contributed by atoms with Crippen molar-refractivity contribution in [1.82, 2.24) is 9.44 Å². The lowest BCUT2D eigenvalue weighted by Crippen LogP contribution is -2.46. The van der Waals surface area contributed by atoms with E-state index in [0.29, 0.717) is 12.8 Å². The average Bonchev–Trinajstić information content (AvgIpc) is 2.71. The minimum atomic E-state index is -3.62. The van der Waals surface area contributed by atoms with Gasteiger partial charge in [0, 0.05) is 12.1 Å². The molecule has 0 saturated heterocycles. The first-order valence-corrected chi connectivity index (χ1v) is 14.4. The van der Waals surface area contributed by atoms with Gasteiger partial charge in [-0.1, -0.05) is 72.8 Å².